The SMILES string of the molecule is CC1CCN(C(=O)Cn2c(C#N)cc(N)c2Cc2cccc(Cl)c2)CC1. The fourth-order valence-electron chi connectivity index (χ4n) is 3.41. The normalized spacial score (nSPS) is 15.0. The number of hydrogen-bond acceptors (Lipinski definition) is 3. The van der Waals surface area contributed by atoms with Crippen molar-refractivity contribution in [1.29, 1.82) is 5.26 Å². The molecule has 1 saturated heterocycles. The van der Waals surface area contributed by atoms with Crippen LogP contribution in [0.3, 0.4) is 0 Å². The third-order valence-electron chi connectivity index (χ3n) is 5.05. The summed E-state index contributed by atoms with van der Waals surface area (Å²) in [7, 11) is 0. The van der Waals surface area contributed by atoms with E-state index in [0.717, 1.165) is 37.2 Å². The van der Waals surface area contributed by atoms with Gasteiger partial charge in [0.2, 0.25) is 5.91 Å². The number of nitrogens with two attached hydrogens (primary N) is 1. The zero-order valence-electron chi connectivity index (χ0n) is 14.9. The van der Waals surface area contributed by atoms with E-state index in [1.54, 1.807) is 10.6 Å². The molecule has 1 fully saturated rings. The highest BCUT2D eigenvalue weighted by molar-refractivity contribution is 6.30. The number of benzene rings is 1. The van der Waals surface area contributed by atoms with Gasteiger partial charge >= 0.3 is 0 Å². The molecule has 1 aliphatic heterocycles. The zero-order valence-corrected chi connectivity index (χ0v) is 15.7. The second-order valence-corrected chi connectivity index (χ2v) is 7.44. The number of aromatic nitrogens is 1. The van der Waals surface area contributed by atoms with Gasteiger partial charge in [0, 0.05) is 30.2 Å². The van der Waals surface area contributed by atoms with Crippen molar-refractivity contribution in [2.24, 2.45) is 5.92 Å². The maximum absolute atomic E-state index is 12.7. The third kappa shape index (κ3) is 4.03. The van der Waals surface area contributed by atoms with Crippen LogP contribution < -0.4 is 5.73 Å². The molecule has 5 nitrogen and oxygen atoms in total. The van der Waals surface area contributed by atoms with Gasteiger partial charge in [-0.25, -0.2) is 0 Å². The van der Waals surface area contributed by atoms with Crippen LogP contribution in [0.1, 0.15) is 36.7 Å². The predicted molar refractivity (Wildman–Crippen MR) is 103 cm³/mol. The van der Waals surface area contributed by atoms with E-state index < -0.39 is 0 Å². The van der Waals surface area contributed by atoms with Gasteiger partial charge in [-0.05, 0) is 42.5 Å². The smallest absolute Gasteiger partial charge is 0.242 e. The van der Waals surface area contributed by atoms with Crippen molar-refractivity contribution >= 4 is 23.2 Å². The fourth-order valence-corrected chi connectivity index (χ4v) is 3.63. The average molecular weight is 371 g/mol. The number of carbonyl (C=O) groups excluding carboxylic acids is 1. The van der Waals surface area contributed by atoms with Crippen molar-refractivity contribution in [3.63, 3.8) is 0 Å². The number of nitrogens with zero attached hydrogens (tertiary/aromatic N) is 3. The lowest BCUT2D eigenvalue weighted by Crippen LogP contribution is -2.40. The molecule has 0 atom stereocenters. The quantitative estimate of drug-likeness (QED) is 0.895. The molecule has 0 aliphatic carbocycles. The van der Waals surface area contributed by atoms with E-state index in [9.17, 15) is 10.1 Å². The lowest BCUT2D eigenvalue weighted by molar-refractivity contribution is -0.133. The van der Waals surface area contributed by atoms with E-state index in [1.165, 1.54) is 0 Å². The standard InChI is InChI=1S/C20H23ClN4O/c1-14-5-7-24(8-6-14)20(26)13-25-17(12-22)11-18(23)19(25)10-15-3-2-4-16(21)9-15/h2-4,9,11,14H,5-8,10,13,23H2,1H3. The predicted octanol–water partition coefficient (Wildman–Crippen LogP) is 3.44. The molecule has 0 unspecified atom stereocenters. The highest BCUT2D eigenvalue weighted by atomic mass is 35.5. The van der Waals surface area contributed by atoms with E-state index in [1.807, 2.05) is 29.2 Å². The van der Waals surface area contributed by atoms with Gasteiger partial charge in [-0.3, -0.25) is 4.79 Å². The first-order valence-electron chi connectivity index (χ1n) is 8.88. The fraction of sp³-hybridized carbons (Fsp3) is 0.400. The number of hydrogen-bond donors (Lipinski definition) is 1. The Morgan fingerprint density at radius 3 is 2.73 bits per heavy atom. The highest BCUT2D eigenvalue weighted by Gasteiger charge is 2.23. The summed E-state index contributed by atoms with van der Waals surface area (Å²) in [6.07, 6.45) is 2.58. The van der Waals surface area contributed by atoms with Gasteiger partial charge in [-0.2, -0.15) is 5.26 Å². The topological polar surface area (TPSA) is 75.0 Å². The Hall–Kier alpha value is -2.45. The van der Waals surface area contributed by atoms with Crippen molar-refractivity contribution in [2.75, 3.05) is 18.8 Å². The molecule has 1 amide bonds. The molecule has 2 heterocycles. The second-order valence-electron chi connectivity index (χ2n) is 7.00. The number of nitrogen functional groups attached to an aromatic ring is 1. The van der Waals surface area contributed by atoms with E-state index >= 15 is 0 Å². The molecule has 136 valence electrons. The molecule has 2 N–H and O–H groups in total. The average Bonchev–Trinajstić information content (AvgIpc) is 2.91. The number of carbonyl (C=O) groups is 1. The van der Waals surface area contributed by atoms with Crippen LogP contribution in [0.5, 0.6) is 0 Å². The van der Waals surface area contributed by atoms with Crippen LogP contribution in [0.2, 0.25) is 5.02 Å². The number of likely N-dealkylation sites (tertiary alicyclic amines) is 1. The van der Waals surface area contributed by atoms with Crippen molar-refractivity contribution in [2.45, 2.75) is 32.7 Å². The summed E-state index contributed by atoms with van der Waals surface area (Å²) in [5, 5.41) is 10.1. The van der Waals surface area contributed by atoms with E-state index in [2.05, 4.69) is 13.0 Å². The molecule has 1 aromatic carbocycles. The van der Waals surface area contributed by atoms with Gasteiger partial charge < -0.3 is 15.2 Å². The molecule has 0 radical (unpaired) electrons. The van der Waals surface area contributed by atoms with Gasteiger partial charge in [-0.1, -0.05) is 30.7 Å². The lowest BCUT2D eigenvalue weighted by atomic mass is 9.99. The first-order chi connectivity index (χ1) is 12.5. The Labute approximate surface area is 159 Å². The maximum atomic E-state index is 12.7. The maximum Gasteiger partial charge on any atom is 0.242 e. The Kier molecular flexibility index (Phi) is 5.53. The first kappa shape index (κ1) is 18.3. The monoisotopic (exact) mass is 370 g/mol. The molecular weight excluding hydrogens is 348 g/mol. The summed E-state index contributed by atoms with van der Waals surface area (Å²) in [6.45, 7) is 3.92. The minimum Gasteiger partial charge on any atom is -0.397 e. The lowest BCUT2D eigenvalue weighted by Gasteiger charge is -2.30. The summed E-state index contributed by atoms with van der Waals surface area (Å²) < 4.78 is 1.75. The summed E-state index contributed by atoms with van der Waals surface area (Å²) in [6, 6.07) is 11.3. The molecule has 6 heteroatoms. The van der Waals surface area contributed by atoms with Crippen molar-refractivity contribution in [3.05, 3.63) is 52.3 Å². The number of piperidine rings is 1. The Morgan fingerprint density at radius 2 is 2.08 bits per heavy atom. The molecule has 0 saturated carbocycles. The van der Waals surface area contributed by atoms with Crippen LogP contribution in [0, 0.1) is 17.2 Å². The number of halogens is 1. The van der Waals surface area contributed by atoms with E-state index in [0.29, 0.717) is 28.7 Å². The number of nitriles is 1. The zero-order chi connectivity index (χ0) is 18.7. The summed E-state index contributed by atoms with van der Waals surface area (Å²) in [5.41, 5.74) is 8.86. The Bertz CT molecular complexity index is 844. The van der Waals surface area contributed by atoms with E-state index in [-0.39, 0.29) is 12.5 Å². The molecule has 1 aliphatic rings. The minimum absolute atomic E-state index is 0.0383. The second kappa shape index (κ2) is 7.84. The number of rotatable bonds is 4. The van der Waals surface area contributed by atoms with Crippen LogP contribution in [0.25, 0.3) is 0 Å². The van der Waals surface area contributed by atoms with Crippen molar-refractivity contribution in [3.8, 4) is 6.07 Å². The molecular formula is C20H23ClN4O. The van der Waals surface area contributed by atoms with Crippen molar-refractivity contribution in [1.82, 2.24) is 9.47 Å². The van der Waals surface area contributed by atoms with Gasteiger partial charge in [0.15, 0.2) is 0 Å². The third-order valence-corrected chi connectivity index (χ3v) is 5.28. The largest absolute Gasteiger partial charge is 0.397 e. The van der Waals surface area contributed by atoms with Crippen LogP contribution in [0.4, 0.5) is 5.69 Å². The summed E-state index contributed by atoms with van der Waals surface area (Å²) >= 11 is 6.07. The van der Waals surface area contributed by atoms with Gasteiger partial charge in [0.25, 0.3) is 0 Å². The Balaban J connectivity index is 1.84. The van der Waals surface area contributed by atoms with E-state index in [4.69, 9.17) is 17.3 Å². The molecule has 2 aromatic rings. The molecule has 0 bridgehead atoms. The van der Waals surface area contributed by atoms with Gasteiger partial charge in [0.1, 0.15) is 18.3 Å². The van der Waals surface area contributed by atoms with Crippen LogP contribution in [0.15, 0.2) is 30.3 Å². The number of anilines is 1. The van der Waals surface area contributed by atoms with Crippen LogP contribution in [-0.2, 0) is 17.8 Å². The first-order valence-corrected chi connectivity index (χ1v) is 9.26. The molecule has 1 aromatic heterocycles. The Morgan fingerprint density at radius 1 is 1.35 bits per heavy atom. The minimum atomic E-state index is 0.0383. The van der Waals surface area contributed by atoms with Gasteiger partial charge in [-0.15, -0.1) is 0 Å². The van der Waals surface area contributed by atoms with Gasteiger partial charge in [0.05, 0.1) is 5.69 Å². The van der Waals surface area contributed by atoms with Crippen molar-refractivity contribution < 1.29 is 4.79 Å². The molecule has 3 rings (SSSR count). The highest BCUT2D eigenvalue weighted by Crippen LogP contribution is 2.24. The summed E-state index contributed by atoms with van der Waals surface area (Å²) in [5.74, 6) is 0.700. The van der Waals surface area contributed by atoms with Crippen LogP contribution in [-0.4, -0.2) is 28.5 Å². The molecule has 26 heavy (non-hydrogen) atoms. The van der Waals surface area contributed by atoms with Crippen LogP contribution >= 0.6 is 11.6 Å². The number of amides is 1. The molecule has 0 spiro atoms. The summed E-state index contributed by atoms with van der Waals surface area (Å²) in [4.78, 5) is 14.6.